The van der Waals surface area contributed by atoms with E-state index in [-0.39, 0.29) is 0 Å². The summed E-state index contributed by atoms with van der Waals surface area (Å²) < 4.78 is 11.7. The van der Waals surface area contributed by atoms with Gasteiger partial charge in [-0.3, -0.25) is 0 Å². The number of fused-ring (bicyclic) bond motifs is 2. The zero-order chi connectivity index (χ0) is 18.5. The molecule has 26 heavy (non-hydrogen) atoms. The molecule has 0 bridgehead atoms. The molecule has 5 nitrogen and oxygen atoms in total. The third-order valence-corrected chi connectivity index (χ3v) is 6.57. The predicted octanol–water partition coefficient (Wildman–Crippen LogP) is 2.09. The summed E-state index contributed by atoms with van der Waals surface area (Å²) in [4.78, 5) is 2.64. The molecular formula is C20H24O5S. The van der Waals surface area contributed by atoms with Crippen LogP contribution < -0.4 is 0 Å². The summed E-state index contributed by atoms with van der Waals surface area (Å²) >= 11 is 1.80. The smallest absolute Gasteiger partial charge is 0.225 e. The molecule has 1 aromatic carbocycles. The van der Waals surface area contributed by atoms with Crippen LogP contribution in [0.1, 0.15) is 40.3 Å². The van der Waals surface area contributed by atoms with Gasteiger partial charge < -0.3 is 24.8 Å². The molecule has 0 aliphatic carbocycles. The number of benzene rings is 1. The van der Waals surface area contributed by atoms with E-state index in [0.29, 0.717) is 6.61 Å². The van der Waals surface area contributed by atoms with Crippen molar-refractivity contribution in [3.05, 3.63) is 56.8 Å². The van der Waals surface area contributed by atoms with Gasteiger partial charge in [-0.15, -0.1) is 11.3 Å². The Labute approximate surface area is 156 Å². The van der Waals surface area contributed by atoms with Crippen LogP contribution in [-0.2, 0) is 34.7 Å². The fraction of sp³-hybridized carbons (Fsp3) is 0.500. The van der Waals surface area contributed by atoms with Crippen molar-refractivity contribution in [3.63, 3.8) is 0 Å². The van der Waals surface area contributed by atoms with E-state index in [1.54, 1.807) is 18.3 Å². The zero-order valence-corrected chi connectivity index (χ0v) is 15.7. The topological polar surface area (TPSA) is 79.2 Å². The molecule has 0 amide bonds. The highest BCUT2D eigenvalue weighted by Gasteiger charge is 2.57. The number of aliphatic hydroxyl groups excluding tert-OH is 3. The van der Waals surface area contributed by atoms with E-state index in [0.717, 1.165) is 29.5 Å². The Morgan fingerprint density at radius 2 is 1.88 bits per heavy atom. The van der Waals surface area contributed by atoms with Gasteiger partial charge in [-0.05, 0) is 42.7 Å². The minimum Gasteiger partial charge on any atom is -0.388 e. The number of aliphatic hydroxyl groups is 3. The highest BCUT2D eigenvalue weighted by Crippen LogP contribution is 2.46. The second-order valence-corrected chi connectivity index (χ2v) is 8.35. The number of hydrogen-bond acceptors (Lipinski definition) is 6. The monoisotopic (exact) mass is 376 g/mol. The summed E-state index contributed by atoms with van der Waals surface area (Å²) in [5.74, 6) is -1.42. The molecule has 0 unspecified atom stereocenters. The van der Waals surface area contributed by atoms with Gasteiger partial charge in [0.05, 0.1) is 12.7 Å². The van der Waals surface area contributed by atoms with Gasteiger partial charge in [-0.1, -0.05) is 19.1 Å². The summed E-state index contributed by atoms with van der Waals surface area (Å²) in [7, 11) is 0. The van der Waals surface area contributed by atoms with Crippen LogP contribution in [-0.4, -0.2) is 39.7 Å². The average molecular weight is 376 g/mol. The molecule has 2 aliphatic rings. The summed E-state index contributed by atoms with van der Waals surface area (Å²) in [5.41, 5.74) is 2.78. The molecular weight excluding hydrogens is 352 g/mol. The third kappa shape index (κ3) is 2.81. The highest BCUT2D eigenvalue weighted by atomic mass is 32.1. The van der Waals surface area contributed by atoms with E-state index in [1.165, 1.54) is 9.75 Å². The Hall–Kier alpha value is -1.28. The van der Waals surface area contributed by atoms with Crippen molar-refractivity contribution in [2.75, 3.05) is 0 Å². The van der Waals surface area contributed by atoms with Crippen molar-refractivity contribution in [2.45, 2.75) is 63.5 Å². The van der Waals surface area contributed by atoms with Gasteiger partial charge in [-0.25, -0.2) is 0 Å². The molecule has 0 radical (unpaired) electrons. The first-order valence-corrected chi connectivity index (χ1v) is 9.82. The largest absolute Gasteiger partial charge is 0.388 e. The number of rotatable bonds is 3. The second kappa shape index (κ2) is 6.71. The van der Waals surface area contributed by atoms with Crippen LogP contribution in [0.5, 0.6) is 0 Å². The van der Waals surface area contributed by atoms with Crippen LogP contribution in [0, 0.1) is 0 Å². The van der Waals surface area contributed by atoms with Gasteiger partial charge in [0.25, 0.3) is 0 Å². The lowest BCUT2D eigenvalue weighted by molar-refractivity contribution is -0.362. The molecule has 5 atom stereocenters. The van der Waals surface area contributed by atoms with Crippen molar-refractivity contribution in [3.8, 4) is 0 Å². The summed E-state index contributed by atoms with van der Waals surface area (Å²) in [5, 5.41) is 30.9. The summed E-state index contributed by atoms with van der Waals surface area (Å²) in [6.45, 7) is 4.13. The van der Waals surface area contributed by atoms with E-state index in [2.05, 4.69) is 25.1 Å². The Morgan fingerprint density at radius 3 is 2.62 bits per heavy atom. The van der Waals surface area contributed by atoms with Crippen LogP contribution in [0.3, 0.4) is 0 Å². The molecule has 2 aliphatic heterocycles. The first kappa shape index (κ1) is 18.1. The van der Waals surface area contributed by atoms with Gasteiger partial charge in [0.15, 0.2) is 0 Å². The third-order valence-electron chi connectivity index (χ3n) is 5.34. The van der Waals surface area contributed by atoms with Gasteiger partial charge in [0.2, 0.25) is 5.79 Å². The van der Waals surface area contributed by atoms with Crippen molar-refractivity contribution >= 4 is 11.3 Å². The van der Waals surface area contributed by atoms with Crippen LogP contribution in [0.4, 0.5) is 0 Å². The van der Waals surface area contributed by atoms with Crippen LogP contribution in [0.25, 0.3) is 0 Å². The van der Waals surface area contributed by atoms with Gasteiger partial charge in [-0.2, -0.15) is 0 Å². The molecule has 140 valence electrons. The minimum absolute atomic E-state index is 0.307. The lowest BCUT2D eigenvalue weighted by atomic mass is 9.87. The normalized spacial score (nSPS) is 33.6. The van der Waals surface area contributed by atoms with E-state index in [1.807, 2.05) is 12.1 Å². The SMILES string of the molecule is CCc1ccc(Cc2ccc3c(c2)[C@]2(OC3)O[C@H](C)[C@@H](O)[C@H](O)[C@H]2O)s1. The first-order chi connectivity index (χ1) is 12.4. The summed E-state index contributed by atoms with van der Waals surface area (Å²) in [6, 6.07) is 10.4. The van der Waals surface area contributed by atoms with E-state index >= 15 is 0 Å². The Bertz CT molecular complexity index is 803. The number of aryl methyl sites for hydroxylation is 1. The molecule has 1 spiro atoms. The van der Waals surface area contributed by atoms with E-state index in [4.69, 9.17) is 9.47 Å². The first-order valence-electron chi connectivity index (χ1n) is 9.00. The second-order valence-electron chi connectivity index (χ2n) is 7.10. The Balaban J connectivity index is 1.67. The van der Waals surface area contributed by atoms with Crippen LogP contribution >= 0.6 is 11.3 Å². The zero-order valence-electron chi connectivity index (χ0n) is 14.9. The fourth-order valence-electron chi connectivity index (χ4n) is 3.80. The summed E-state index contributed by atoms with van der Waals surface area (Å²) in [6.07, 6.45) is -2.64. The Kier molecular flexibility index (Phi) is 4.67. The number of ether oxygens (including phenoxy) is 2. The standard InChI is InChI=1S/C20H24O5S/c1-3-14-6-7-15(26-14)8-12-4-5-13-10-24-20(16(13)9-12)19(23)18(22)17(21)11(2)25-20/h4-7,9,11,17-19,21-23H,3,8,10H2,1-2H3/t11-,17-,18+,19-,20+/m1/s1. The maximum atomic E-state index is 10.6. The quantitative estimate of drug-likeness (QED) is 0.764. The van der Waals surface area contributed by atoms with Crippen molar-refractivity contribution in [1.29, 1.82) is 0 Å². The maximum absolute atomic E-state index is 10.6. The number of hydrogen-bond donors (Lipinski definition) is 3. The molecule has 6 heteroatoms. The molecule has 0 saturated carbocycles. The van der Waals surface area contributed by atoms with E-state index < -0.39 is 30.2 Å². The van der Waals surface area contributed by atoms with Gasteiger partial charge in [0.1, 0.15) is 18.3 Å². The molecule has 3 N–H and O–H groups in total. The van der Waals surface area contributed by atoms with Crippen molar-refractivity contribution < 1.29 is 24.8 Å². The lowest BCUT2D eigenvalue weighted by Gasteiger charge is -2.45. The van der Waals surface area contributed by atoms with Crippen LogP contribution in [0.2, 0.25) is 0 Å². The van der Waals surface area contributed by atoms with Crippen molar-refractivity contribution in [1.82, 2.24) is 0 Å². The fourth-order valence-corrected chi connectivity index (χ4v) is 4.79. The number of thiophene rings is 1. The van der Waals surface area contributed by atoms with Crippen molar-refractivity contribution in [2.24, 2.45) is 0 Å². The van der Waals surface area contributed by atoms with Gasteiger partial charge in [0, 0.05) is 21.7 Å². The average Bonchev–Trinajstić information content (AvgIpc) is 3.24. The lowest BCUT2D eigenvalue weighted by Crippen LogP contribution is -2.62. The maximum Gasteiger partial charge on any atom is 0.225 e. The van der Waals surface area contributed by atoms with E-state index in [9.17, 15) is 15.3 Å². The molecule has 1 fully saturated rings. The Morgan fingerprint density at radius 1 is 1.12 bits per heavy atom. The van der Waals surface area contributed by atoms with Crippen LogP contribution in [0.15, 0.2) is 30.3 Å². The molecule has 2 aromatic rings. The molecule has 1 saturated heterocycles. The van der Waals surface area contributed by atoms with Gasteiger partial charge >= 0.3 is 0 Å². The molecule has 4 rings (SSSR count). The molecule has 1 aromatic heterocycles. The predicted molar refractivity (Wildman–Crippen MR) is 98.0 cm³/mol. The molecule has 3 heterocycles. The highest BCUT2D eigenvalue weighted by molar-refractivity contribution is 7.12. The minimum atomic E-state index is -1.42.